The summed E-state index contributed by atoms with van der Waals surface area (Å²) >= 11 is 0. The van der Waals surface area contributed by atoms with Gasteiger partial charge in [-0.1, -0.05) is 12.0 Å². The maximum absolute atomic E-state index is 5.32. The molecule has 1 aromatic rings. The van der Waals surface area contributed by atoms with Gasteiger partial charge in [-0.15, -0.1) is 6.42 Å². The highest BCUT2D eigenvalue weighted by molar-refractivity contribution is 5.52. The molecule has 0 saturated heterocycles. The summed E-state index contributed by atoms with van der Waals surface area (Å²) in [7, 11) is 0. The van der Waals surface area contributed by atoms with Crippen molar-refractivity contribution in [3.63, 3.8) is 0 Å². The van der Waals surface area contributed by atoms with E-state index in [4.69, 9.17) is 6.42 Å². The van der Waals surface area contributed by atoms with E-state index in [2.05, 4.69) is 15.9 Å². The van der Waals surface area contributed by atoms with Gasteiger partial charge in [0.05, 0.1) is 5.69 Å². The van der Waals surface area contributed by atoms with Crippen LogP contribution in [0.15, 0.2) is 18.6 Å². The second kappa shape index (κ2) is 2.78. The molecule has 0 radical (unpaired) electrons. The van der Waals surface area contributed by atoms with Crippen molar-refractivity contribution in [2.45, 2.75) is 6.42 Å². The van der Waals surface area contributed by atoms with Crippen LogP contribution in [0.1, 0.15) is 11.3 Å². The number of rotatable bonds is 0. The molecular weight excluding hydrogens is 148 g/mol. The molecule has 0 aliphatic heterocycles. The summed E-state index contributed by atoms with van der Waals surface area (Å²) < 4.78 is 0. The van der Waals surface area contributed by atoms with E-state index < -0.39 is 0 Å². The van der Waals surface area contributed by atoms with Crippen molar-refractivity contribution in [1.82, 2.24) is 9.97 Å². The number of hydrogen-bond acceptors (Lipinski definition) is 2. The molecule has 1 atom stereocenters. The molecule has 1 heterocycles. The Morgan fingerprint density at radius 1 is 1.58 bits per heavy atom. The van der Waals surface area contributed by atoms with Crippen LogP contribution in [0.3, 0.4) is 0 Å². The molecule has 0 N–H and O–H groups in total. The summed E-state index contributed by atoms with van der Waals surface area (Å²) in [6.45, 7) is 0. The first-order valence-electron chi connectivity index (χ1n) is 3.83. The van der Waals surface area contributed by atoms with Gasteiger partial charge in [0.15, 0.2) is 0 Å². The molecular formula is C10H8N2. The fraction of sp³-hybridized carbons (Fsp3) is 0.200. The van der Waals surface area contributed by atoms with Crippen LogP contribution in [0.4, 0.5) is 0 Å². The first-order chi connectivity index (χ1) is 5.90. The second-order valence-electron chi connectivity index (χ2n) is 2.77. The van der Waals surface area contributed by atoms with Crippen LogP contribution in [-0.4, -0.2) is 9.97 Å². The van der Waals surface area contributed by atoms with E-state index in [1.807, 2.05) is 18.3 Å². The van der Waals surface area contributed by atoms with Crippen molar-refractivity contribution in [1.29, 1.82) is 0 Å². The third kappa shape index (κ3) is 1.10. The van der Waals surface area contributed by atoms with Crippen LogP contribution in [0, 0.1) is 18.3 Å². The molecule has 0 bridgehead atoms. The third-order valence-corrected chi connectivity index (χ3v) is 1.96. The van der Waals surface area contributed by atoms with Gasteiger partial charge in [-0.3, -0.25) is 0 Å². The summed E-state index contributed by atoms with van der Waals surface area (Å²) in [6, 6.07) is 0. The highest BCUT2D eigenvalue weighted by Gasteiger charge is 2.11. The first kappa shape index (κ1) is 7.05. The van der Waals surface area contributed by atoms with Crippen LogP contribution >= 0.6 is 0 Å². The first-order valence-corrected chi connectivity index (χ1v) is 3.83. The molecule has 58 valence electrons. The molecule has 1 aromatic heterocycles. The van der Waals surface area contributed by atoms with Crippen molar-refractivity contribution in [3.8, 4) is 12.3 Å². The van der Waals surface area contributed by atoms with Crippen molar-refractivity contribution >= 4 is 6.08 Å². The van der Waals surface area contributed by atoms with E-state index in [0.717, 1.165) is 17.7 Å². The number of aromatic nitrogens is 2. The molecule has 2 rings (SSSR count). The minimum absolute atomic E-state index is 0.212. The van der Waals surface area contributed by atoms with E-state index in [1.54, 1.807) is 6.33 Å². The zero-order valence-corrected chi connectivity index (χ0v) is 6.57. The van der Waals surface area contributed by atoms with E-state index in [0.29, 0.717) is 0 Å². The van der Waals surface area contributed by atoms with Crippen LogP contribution in [-0.2, 0) is 6.42 Å². The molecule has 2 nitrogen and oxygen atoms in total. The molecule has 1 aliphatic carbocycles. The molecule has 0 aromatic carbocycles. The minimum atomic E-state index is 0.212. The second-order valence-corrected chi connectivity index (χ2v) is 2.77. The van der Waals surface area contributed by atoms with Crippen molar-refractivity contribution in [3.05, 3.63) is 29.9 Å². The van der Waals surface area contributed by atoms with Gasteiger partial charge >= 0.3 is 0 Å². The molecule has 0 saturated carbocycles. The zero-order chi connectivity index (χ0) is 8.39. The van der Waals surface area contributed by atoms with Gasteiger partial charge in [0.1, 0.15) is 6.33 Å². The number of terminal acetylenes is 1. The smallest absolute Gasteiger partial charge is 0.116 e. The summed E-state index contributed by atoms with van der Waals surface area (Å²) in [5.74, 6) is 2.91. The predicted molar refractivity (Wildman–Crippen MR) is 47.1 cm³/mol. The Bertz CT molecular complexity index is 360. The highest BCUT2D eigenvalue weighted by atomic mass is 14.8. The Kier molecular flexibility index (Phi) is 1.64. The van der Waals surface area contributed by atoms with E-state index in [-0.39, 0.29) is 5.92 Å². The van der Waals surface area contributed by atoms with Gasteiger partial charge in [-0.25, -0.2) is 9.97 Å². The Balaban J connectivity index is 2.41. The normalized spacial score (nSPS) is 19.8. The van der Waals surface area contributed by atoms with Crippen LogP contribution in [0.25, 0.3) is 6.08 Å². The zero-order valence-electron chi connectivity index (χ0n) is 6.57. The van der Waals surface area contributed by atoms with Crippen LogP contribution in [0.5, 0.6) is 0 Å². The fourth-order valence-corrected chi connectivity index (χ4v) is 1.30. The summed E-state index contributed by atoms with van der Waals surface area (Å²) in [6.07, 6.45) is 13.5. The van der Waals surface area contributed by atoms with Crippen LogP contribution in [0.2, 0.25) is 0 Å². The maximum atomic E-state index is 5.32. The number of fused-ring (bicyclic) bond motifs is 1. The standard InChI is InChI=1S/C10H8N2/c1-2-8-3-4-10-9(5-8)6-11-7-12-10/h1,3-4,6-8H,5H2/t8-/m1/s1. The Morgan fingerprint density at radius 3 is 3.33 bits per heavy atom. The lowest BCUT2D eigenvalue weighted by molar-refractivity contribution is 0.807. The topological polar surface area (TPSA) is 25.8 Å². The van der Waals surface area contributed by atoms with Crippen LogP contribution < -0.4 is 0 Å². The largest absolute Gasteiger partial charge is 0.244 e. The fourth-order valence-electron chi connectivity index (χ4n) is 1.30. The predicted octanol–water partition coefficient (Wildman–Crippen LogP) is 1.30. The van der Waals surface area contributed by atoms with Crippen molar-refractivity contribution < 1.29 is 0 Å². The van der Waals surface area contributed by atoms with Gasteiger partial charge in [0.2, 0.25) is 0 Å². The maximum Gasteiger partial charge on any atom is 0.116 e. The van der Waals surface area contributed by atoms with Gasteiger partial charge in [0.25, 0.3) is 0 Å². The van der Waals surface area contributed by atoms with Crippen molar-refractivity contribution in [2.24, 2.45) is 5.92 Å². The molecule has 0 spiro atoms. The summed E-state index contributed by atoms with van der Waals surface area (Å²) in [4.78, 5) is 8.07. The SMILES string of the molecule is C#C[C@@H]1C=Cc2ncncc2C1. The third-order valence-electron chi connectivity index (χ3n) is 1.96. The number of nitrogens with zero attached hydrogens (tertiary/aromatic N) is 2. The van der Waals surface area contributed by atoms with E-state index in [9.17, 15) is 0 Å². The summed E-state index contributed by atoms with van der Waals surface area (Å²) in [5.41, 5.74) is 2.14. The monoisotopic (exact) mass is 156 g/mol. The van der Waals surface area contributed by atoms with Gasteiger partial charge in [0, 0.05) is 12.1 Å². The lowest BCUT2D eigenvalue weighted by Crippen LogP contribution is -2.06. The molecule has 1 aliphatic rings. The molecule has 0 unspecified atom stereocenters. The van der Waals surface area contributed by atoms with E-state index in [1.165, 1.54) is 0 Å². The molecule has 12 heavy (non-hydrogen) atoms. The Labute approximate surface area is 71.4 Å². The Morgan fingerprint density at radius 2 is 2.50 bits per heavy atom. The van der Waals surface area contributed by atoms with Gasteiger partial charge in [-0.2, -0.15) is 0 Å². The average molecular weight is 156 g/mol. The summed E-state index contributed by atoms with van der Waals surface area (Å²) in [5, 5.41) is 0. The van der Waals surface area contributed by atoms with Gasteiger partial charge in [-0.05, 0) is 18.1 Å². The van der Waals surface area contributed by atoms with Gasteiger partial charge < -0.3 is 0 Å². The average Bonchev–Trinajstić information content (AvgIpc) is 2.17. The number of allylic oxidation sites excluding steroid dienone is 1. The molecule has 2 heteroatoms. The quantitative estimate of drug-likeness (QED) is 0.529. The molecule has 0 fully saturated rings. The van der Waals surface area contributed by atoms with Crippen molar-refractivity contribution in [2.75, 3.05) is 0 Å². The molecule has 0 amide bonds. The Hall–Kier alpha value is -1.62. The minimum Gasteiger partial charge on any atom is -0.244 e. The highest BCUT2D eigenvalue weighted by Crippen LogP contribution is 2.19. The lowest BCUT2D eigenvalue weighted by atomic mass is 9.94. The lowest BCUT2D eigenvalue weighted by Gasteiger charge is -2.12. The van der Waals surface area contributed by atoms with E-state index >= 15 is 0 Å². The number of hydrogen-bond donors (Lipinski definition) is 0.